The molecule has 4 N–H and O–H groups in total. The minimum absolute atomic E-state index is 0.110. The highest BCUT2D eigenvalue weighted by Gasteiger charge is 2.28. The summed E-state index contributed by atoms with van der Waals surface area (Å²) in [5.41, 5.74) is 1.56. The molecule has 52 heavy (non-hydrogen) atoms. The van der Waals surface area contributed by atoms with Gasteiger partial charge in [-0.05, 0) is 92.7 Å². The number of nitrogens with zero attached hydrogens (tertiary/aromatic N) is 2. The van der Waals surface area contributed by atoms with E-state index in [1.54, 1.807) is 12.1 Å². The summed E-state index contributed by atoms with van der Waals surface area (Å²) in [6.07, 6.45) is 0. The Labute approximate surface area is 305 Å². The molecule has 0 aliphatic carbocycles. The highest BCUT2D eigenvalue weighted by atomic mass is 35.5. The second-order valence-corrected chi connectivity index (χ2v) is 15.5. The van der Waals surface area contributed by atoms with Crippen molar-refractivity contribution < 1.29 is 45.4 Å². The minimum atomic E-state index is -4.11. The molecule has 6 rings (SSSR count). The van der Waals surface area contributed by atoms with Crippen molar-refractivity contribution in [3.8, 4) is 0 Å². The number of aliphatic carboxylic acids is 2. The van der Waals surface area contributed by atoms with Gasteiger partial charge in [-0.15, -0.1) is 0 Å². The van der Waals surface area contributed by atoms with Crippen LogP contribution in [-0.2, 0) is 42.7 Å². The molecule has 0 unspecified atom stereocenters. The third-order valence-electron chi connectivity index (χ3n) is 7.75. The second-order valence-electron chi connectivity index (χ2n) is 11.3. The topological polar surface area (TPSA) is 177 Å². The number of aromatic nitrogens is 2. The summed E-state index contributed by atoms with van der Waals surface area (Å²) in [7, 11) is -8.20. The first kappa shape index (κ1) is 38.1. The van der Waals surface area contributed by atoms with Crippen molar-refractivity contribution in [2.75, 3.05) is 9.44 Å². The Morgan fingerprint density at radius 2 is 1.08 bits per heavy atom. The smallest absolute Gasteiger partial charge is 0.323 e. The molecule has 272 valence electrons. The number of nitrogens with one attached hydrogen (secondary N) is 2. The molecule has 0 saturated carbocycles. The van der Waals surface area contributed by atoms with Gasteiger partial charge in [0, 0.05) is 37.9 Å². The maximum atomic E-state index is 13.7. The number of hydrogen-bond donors (Lipinski definition) is 4. The van der Waals surface area contributed by atoms with Gasteiger partial charge in [0.25, 0.3) is 20.0 Å². The lowest BCUT2D eigenvalue weighted by Crippen LogP contribution is -2.15. The molecular weight excluding hydrogens is 765 g/mol. The number of halogens is 4. The Morgan fingerprint density at radius 1 is 0.635 bits per heavy atom. The molecule has 0 aliphatic heterocycles. The first-order valence-electron chi connectivity index (χ1n) is 14.9. The molecule has 2 heterocycles. The third kappa shape index (κ3) is 8.15. The predicted octanol–water partition coefficient (Wildman–Crippen LogP) is 7.26. The number of rotatable bonds is 10. The van der Waals surface area contributed by atoms with Crippen molar-refractivity contribution in [2.45, 2.75) is 36.7 Å². The van der Waals surface area contributed by atoms with Gasteiger partial charge in [0.1, 0.15) is 34.5 Å². The molecule has 2 aromatic heterocycles. The normalized spacial score (nSPS) is 11.7. The van der Waals surface area contributed by atoms with Crippen LogP contribution in [0.1, 0.15) is 11.4 Å². The second kappa shape index (κ2) is 14.8. The zero-order chi connectivity index (χ0) is 38.1. The number of carboxylic acid groups (broad SMARTS) is 2. The molecule has 0 spiro atoms. The van der Waals surface area contributed by atoms with Gasteiger partial charge < -0.3 is 19.3 Å². The summed E-state index contributed by atoms with van der Waals surface area (Å²) in [6.45, 7) is 2.08. The zero-order valence-electron chi connectivity index (χ0n) is 27.1. The van der Waals surface area contributed by atoms with Crippen molar-refractivity contribution in [3.05, 3.63) is 118 Å². The fourth-order valence-corrected chi connectivity index (χ4v) is 8.99. The number of anilines is 2. The number of carbonyl (C=O) groups is 2. The summed E-state index contributed by atoms with van der Waals surface area (Å²) in [5.74, 6) is -3.51. The lowest BCUT2D eigenvalue weighted by atomic mass is 10.2. The highest BCUT2D eigenvalue weighted by molar-refractivity contribution is 7.93. The van der Waals surface area contributed by atoms with Crippen molar-refractivity contribution in [3.63, 3.8) is 0 Å². The van der Waals surface area contributed by atoms with E-state index < -0.39 is 56.7 Å². The van der Waals surface area contributed by atoms with Crippen LogP contribution in [-0.4, -0.2) is 48.1 Å². The van der Waals surface area contributed by atoms with E-state index in [2.05, 4.69) is 9.44 Å². The summed E-state index contributed by atoms with van der Waals surface area (Å²) in [6, 6.07) is 19.4. The van der Waals surface area contributed by atoms with E-state index in [-0.39, 0.29) is 43.3 Å². The third-order valence-corrected chi connectivity index (χ3v) is 11.4. The Bertz CT molecular complexity index is 2590. The number of benzene rings is 4. The van der Waals surface area contributed by atoms with Gasteiger partial charge in [-0.2, -0.15) is 0 Å². The quantitative estimate of drug-likeness (QED) is 0.112. The zero-order valence-corrected chi connectivity index (χ0v) is 30.2. The van der Waals surface area contributed by atoms with Gasteiger partial charge >= 0.3 is 11.9 Å². The average Bonchev–Trinajstić information content (AvgIpc) is 3.46. The van der Waals surface area contributed by atoms with E-state index >= 15 is 0 Å². The van der Waals surface area contributed by atoms with Crippen LogP contribution in [0.3, 0.4) is 0 Å². The van der Waals surface area contributed by atoms with Gasteiger partial charge in [0.2, 0.25) is 0 Å². The van der Waals surface area contributed by atoms with Gasteiger partial charge in [0.05, 0.1) is 16.7 Å². The highest BCUT2D eigenvalue weighted by Crippen LogP contribution is 2.34. The van der Waals surface area contributed by atoms with E-state index in [1.807, 2.05) is 0 Å². The number of carboxylic acids is 2. The van der Waals surface area contributed by atoms with E-state index in [4.69, 9.17) is 33.4 Å². The first-order chi connectivity index (χ1) is 24.4. The molecule has 12 nitrogen and oxygen atoms in total. The first-order valence-corrected chi connectivity index (χ1v) is 18.7. The maximum Gasteiger partial charge on any atom is 0.323 e. The Kier molecular flexibility index (Phi) is 10.9. The van der Waals surface area contributed by atoms with E-state index in [0.29, 0.717) is 21.1 Å². The van der Waals surface area contributed by atoms with E-state index in [9.17, 15) is 35.2 Å². The van der Waals surface area contributed by atoms with E-state index in [0.717, 1.165) is 24.3 Å². The SMILES string of the molecule is Cc1c(S(=O)(=O)Nc2ccc(Cl)cc2)c2cc(F)ccc2n1CC(=O)O.Cc1c(S(=O)(=O)Nc2cccc(Cl)c2)c2cc(F)ccc2n1CC(=O)O. The summed E-state index contributed by atoms with van der Waals surface area (Å²) in [4.78, 5) is 21.9. The van der Waals surface area contributed by atoms with Crippen LogP contribution in [0.4, 0.5) is 20.2 Å². The molecular formula is C34H28Cl2F2N4O8S2. The summed E-state index contributed by atoms with van der Waals surface area (Å²) >= 11 is 11.7. The molecule has 0 amide bonds. The van der Waals surface area contributed by atoms with Crippen molar-refractivity contribution >= 4 is 88.4 Å². The molecule has 0 bridgehead atoms. The molecule has 0 fully saturated rings. The van der Waals surface area contributed by atoms with Crippen LogP contribution in [0.5, 0.6) is 0 Å². The van der Waals surface area contributed by atoms with Crippen LogP contribution >= 0.6 is 23.2 Å². The molecule has 0 saturated heterocycles. The van der Waals surface area contributed by atoms with Crippen LogP contribution in [0.2, 0.25) is 10.0 Å². The van der Waals surface area contributed by atoms with Crippen molar-refractivity contribution in [1.82, 2.24) is 9.13 Å². The minimum Gasteiger partial charge on any atom is -0.480 e. The lowest BCUT2D eigenvalue weighted by molar-refractivity contribution is -0.138. The predicted molar refractivity (Wildman–Crippen MR) is 193 cm³/mol. The van der Waals surface area contributed by atoms with Gasteiger partial charge in [-0.25, -0.2) is 25.6 Å². The molecule has 18 heteroatoms. The van der Waals surface area contributed by atoms with Gasteiger partial charge in [-0.3, -0.25) is 19.0 Å². The fraction of sp³-hybridized carbons (Fsp3) is 0.118. The maximum absolute atomic E-state index is 13.7. The van der Waals surface area contributed by atoms with Gasteiger partial charge in [0.15, 0.2) is 0 Å². The fourth-order valence-electron chi connectivity index (χ4n) is 5.69. The Morgan fingerprint density at radius 3 is 1.50 bits per heavy atom. The van der Waals surface area contributed by atoms with Crippen molar-refractivity contribution in [1.29, 1.82) is 0 Å². The largest absolute Gasteiger partial charge is 0.480 e. The number of hydrogen-bond acceptors (Lipinski definition) is 6. The Hall–Kier alpha value is -5.16. The molecule has 0 atom stereocenters. The molecule has 4 aromatic carbocycles. The molecule has 0 radical (unpaired) electrons. The van der Waals surface area contributed by atoms with Crippen LogP contribution < -0.4 is 9.44 Å². The summed E-state index contributed by atoms with van der Waals surface area (Å²) < 4.78 is 86.6. The standard InChI is InChI=1S/2C17H14ClFN2O4S/c1-10-17(26(24,25)20-13-5-2-11(18)3-6-13)14-8-12(19)4-7-15(14)21(10)9-16(22)23;1-10-17(26(24,25)20-13-4-2-3-11(18)7-13)14-8-12(19)5-6-15(14)21(10)9-16(22)23/h2*2-8,20H,9H2,1H3,(H,22,23). The van der Waals surface area contributed by atoms with Crippen LogP contribution in [0.25, 0.3) is 21.8 Å². The number of fused-ring (bicyclic) bond motifs is 2. The van der Waals surface area contributed by atoms with Gasteiger partial charge in [-0.1, -0.05) is 29.3 Å². The van der Waals surface area contributed by atoms with Crippen LogP contribution in [0, 0.1) is 25.5 Å². The summed E-state index contributed by atoms with van der Waals surface area (Å²) in [5, 5.41) is 19.2. The number of sulfonamides is 2. The average molecular weight is 794 g/mol. The lowest BCUT2D eigenvalue weighted by Gasteiger charge is -2.09. The Balaban J connectivity index is 0.000000201. The van der Waals surface area contributed by atoms with Crippen molar-refractivity contribution in [2.24, 2.45) is 0 Å². The molecule has 6 aromatic rings. The van der Waals surface area contributed by atoms with E-state index in [1.165, 1.54) is 71.5 Å². The monoisotopic (exact) mass is 792 g/mol. The molecule has 0 aliphatic rings. The van der Waals surface area contributed by atoms with Crippen LogP contribution in [0.15, 0.2) is 94.7 Å².